The van der Waals surface area contributed by atoms with Gasteiger partial charge in [0.25, 0.3) is 5.91 Å². The summed E-state index contributed by atoms with van der Waals surface area (Å²) < 4.78 is 7.27. The molecule has 10 nitrogen and oxygen atoms in total. The maximum absolute atomic E-state index is 14.1. The van der Waals surface area contributed by atoms with Gasteiger partial charge in [-0.1, -0.05) is 35.9 Å². The fourth-order valence-corrected chi connectivity index (χ4v) is 6.45. The number of amides is 2. The van der Waals surface area contributed by atoms with Gasteiger partial charge in [0.1, 0.15) is 5.75 Å². The molecule has 1 aliphatic carbocycles. The summed E-state index contributed by atoms with van der Waals surface area (Å²) in [6.45, 7) is 4.63. The van der Waals surface area contributed by atoms with E-state index in [1.165, 1.54) is 12.8 Å². The molecule has 1 saturated heterocycles. The quantitative estimate of drug-likeness (QED) is 0.259. The number of likely N-dealkylation sites (N-methyl/N-ethyl adjacent to an activating group) is 1. The zero-order valence-corrected chi connectivity index (χ0v) is 26.1. The summed E-state index contributed by atoms with van der Waals surface area (Å²) in [7, 11) is 3.76. The van der Waals surface area contributed by atoms with Crippen molar-refractivity contribution >= 4 is 40.0 Å². The Hall–Kier alpha value is -4.70. The minimum Gasteiger partial charge on any atom is -0.497 e. The molecule has 4 heterocycles. The summed E-state index contributed by atoms with van der Waals surface area (Å²) in [5, 5.41) is 5.97. The van der Waals surface area contributed by atoms with Gasteiger partial charge < -0.3 is 14.5 Å². The third kappa shape index (κ3) is 5.78. The topological polar surface area (TPSA) is 87.0 Å². The average Bonchev–Trinajstić information content (AvgIpc) is 3.71. The summed E-state index contributed by atoms with van der Waals surface area (Å²) in [6, 6.07) is 18.4. The number of likely N-dealkylation sites (tertiary alicyclic amines) is 1. The fraction of sp³-hybridized carbons (Fsp3) is 0.371. The van der Waals surface area contributed by atoms with Crippen molar-refractivity contribution < 1.29 is 14.3 Å². The van der Waals surface area contributed by atoms with Crippen molar-refractivity contribution in [3.63, 3.8) is 0 Å². The normalized spacial score (nSPS) is 18.4. The molecule has 0 unspecified atom stereocenters. The second kappa shape index (κ2) is 12.0. The Morgan fingerprint density at radius 2 is 1.84 bits per heavy atom. The number of carbonyl (C=O) groups excluding carboxylic acids is 2. The maximum Gasteiger partial charge on any atom is 0.251 e. The molecule has 0 radical (unpaired) electrons. The zero-order chi connectivity index (χ0) is 31.1. The molecule has 2 aliphatic heterocycles. The molecule has 1 saturated carbocycles. The van der Waals surface area contributed by atoms with Gasteiger partial charge in [0, 0.05) is 43.6 Å². The summed E-state index contributed by atoms with van der Waals surface area (Å²) in [5.74, 6) is 1.49. The molecule has 232 valence electrons. The van der Waals surface area contributed by atoms with Crippen LogP contribution in [0.5, 0.6) is 5.75 Å². The van der Waals surface area contributed by atoms with Crippen LogP contribution in [0.2, 0.25) is 0 Å². The van der Waals surface area contributed by atoms with Gasteiger partial charge in [-0.25, -0.2) is 9.67 Å². The van der Waals surface area contributed by atoms with Crippen LogP contribution >= 0.6 is 0 Å². The first-order valence-corrected chi connectivity index (χ1v) is 15.7. The van der Waals surface area contributed by atoms with Crippen molar-refractivity contribution in [3.8, 4) is 5.75 Å². The van der Waals surface area contributed by atoms with Gasteiger partial charge in [-0.2, -0.15) is 5.10 Å². The number of ether oxygens (including phenoxy) is 1. The number of hydrogen-bond acceptors (Lipinski definition) is 7. The van der Waals surface area contributed by atoms with E-state index in [2.05, 4.69) is 16.8 Å². The van der Waals surface area contributed by atoms with Crippen LogP contribution in [-0.4, -0.2) is 88.8 Å². The molecule has 0 N–H and O–H groups in total. The average molecular weight is 606 g/mol. The van der Waals surface area contributed by atoms with Crippen molar-refractivity contribution in [1.82, 2.24) is 24.6 Å². The van der Waals surface area contributed by atoms with Crippen molar-refractivity contribution in [3.05, 3.63) is 84.1 Å². The highest BCUT2D eigenvalue weighted by molar-refractivity contribution is 6.14. The molecule has 3 aliphatic rings. The second-order valence-electron chi connectivity index (χ2n) is 12.4. The van der Waals surface area contributed by atoms with Crippen LogP contribution < -0.4 is 14.5 Å². The third-order valence-corrected chi connectivity index (χ3v) is 9.18. The van der Waals surface area contributed by atoms with E-state index >= 15 is 0 Å². The Morgan fingerprint density at radius 1 is 1.07 bits per heavy atom. The third-order valence-electron chi connectivity index (χ3n) is 9.18. The molecule has 7 rings (SSSR count). The summed E-state index contributed by atoms with van der Waals surface area (Å²) >= 11 is 0. The standard InChI is InChI=1S/C35H39N7O3/c1-24-6-10-27(11-7-24)42-30-16-18-36-34-33(30)35(37-41(34)21-25-8-14-29(45-3)15-9-25)40(23-32(42)44)28-17-20-39(22-28)31(43)5-4-19-38(2)26-12-13-26/h4-11,14-16,18,26,28H,12-13,17,19-23H2,1-3H3/b5-4+/t28-/m1/s1. The van der Waals surface area contributed by atoms with E-state index in [0.29, 0.717) is 31.3 Å². The number of pyridine rings is 1. The van der Waals surface area contributed by atoms with E-state index < -0.39 is 0 Å². The monoisotopic (exact) mass is 605 g/mol. The predicted molar refractivity (Wildman–Crippen MR) is 175 cm³/mol. The summed E-state index contributed by atoms with van der Waals surface area (Å²) in [4.78, 5) is 40.1. The van der Waals surface area contributed by atoms with Gasteiger partial charge in [0.15, 0.2) is 11.5 Å². The first-order chi connectivity index (χ1) is 21.9. The molecule has 2 aromatic carbocycles. The molecule has 4 aromatic rings. The lowest BCUT2D eigenvalue weighted by atomic mass is 10.1. The molecule has 1 atom stereocenters. The van der Waals surface area contributed by atoms with Gasteiger partial charge in [-0.05, 0) is 69.1 Å². The first kappa shape index (κ1) is 29.0. The highest BCUT2D eigenvalue weighted by Gasteiger charge is 2.38. The zero-order valence-electron chi connectivity index (χ0n) is 26.1. The maximum atomic E-state index is 14.1. The Kier molecular flexibility index (Phi) is 7.75. The molecular formula is C35H39N7O3. The number of hydrogen-bond donors (Lipinski definition) is 0. The Labute approximate surface area is 263 Å². The molecule has 2 amide bonds. The fourth-order valence-electron chi connectivity index (χ4n) is 6.45. The minimum atomic E-state index is -0.0565. The van der Waals surface area contributed by atoms with Gasteiger partial charge in [0.2, 0.25) is 5.91 Å². The molecule has 2 aromatic heterocycles. The van der Waals surface area contributed by atoms with E-state index in [0.717, 1.165) is 52.4 Å². The number of anilines is 3. The number of nitrogens with zero attached hydrogens (tertiary/aromatic N) is 7. The van der Waals surface area contributed by atoms with Crippen molar-refractivity contribution in [2.45, 2.75) is 44.8 Å². The molecule has 0 bridgehead atoms. The van der Waals surface area contributed by atoms with Crippen LogP contribution in [0.25, 0.3) is 11.0 Å². The van der Waals surface area contributed by atoms with Gasteiger partial charge in [-0.3, -0.25) is 19.4 Å². The highest BCUT2D eigenvalue weighted by Crippen LogP contribution is 2.41. The Bertz CT molecular complexity index is 1740. The van der Waals surface area contributed by atoms with Crippen LogP contribution in [0.3, 0.4) is 0 Å². The van der Waals surface area contributed by atoms with E-state index in [9.17, 15) is 9.59 Å². The van der Waals surface area contributed by atoms with Crippen molar-refractivity contribution in [2.24, 2.45) is 0 Å². The minimum absolute atomic E-state index is 0.0152. The lowest BCUT2D eigenvalue weighted by Gasteiger charge is -2.29. The number of methoxy groups -OCH3 is 1. The number of aromatic nitrogens is 3. The van der Waals surface area contributed by atoms with Crippen LogP contribution in [0.15, 0.2) is 72.9 Å². The van der Waals surface area contributed by atoms with Gasteiger partial charge in [0.05, 0.1) is 37.3 Å². The van der Waals surface area contributed by atoms with Crippen LogP contribution in [0, 0.1) is 6.92 Å². The van der Waals surface area contributed by atoms with Gasteiger partial charge >= 0.3 is 0 Å². The van der Waals surface area contributed by atoms with E-state index in [1.807, 2.05) is 77.2 Å². The van der Waals surface area contributed by atoms with E-state index in [4.69, 9.17) is 14.8 Å². The predicted octanol–water partition coefficient (Wildman–Crippen LogP) is 4.53. The lowest BCUT2D eigenvalue weighted by molar-refractivity contribution is -0.125. The smallest absolute Gasteiger partial charge is 0.251 e. The lowest BCUT2D eigenvalue weighted by Crippen LogP contribution is -2.44. The Morgan fingerprint density at radius 3 is 2.58 bits per heavy atom. The first-order valence-electron chi connectivity index (χ1n) is 15.7. The molecule has 10 heteroatoms. The van der Waals surface area contributed by atoms with E-state index in [-0.39, 0.29) is 24.4 Å². The SMILES string of the molecule is COc1ccc(Cn2nc3c4c(ccnc42)N(c2ccc(C)cc2)C(=O)CN3[C@@H]2CCN(C(=O)/C=C/CN(C)C3CC3)C2)cc1. The molecule has 45 heavy (non-hydrogen) atoms. The van der Waals surface area contributed by atoms with Crippen LogP contribution in [0.1, 0.15) is 30.4 Å². The second-order valence-corrected chi connectivity index (χ2v) is 12.4. The number of benzene rings is 2. The summed E-state index contributed by atoms with van der Waals surface area (Å²) in [5.41, 5.74) is 4.47. The number of rotatable bonds is 9. The van der Waals surface area contributed by atoms with Crippen molar-refractivity contribution in [1.29, 1.82) is 0 Å². The Balaban J connectivity index is 1.23. The molecular weight excluding hydrogens is 566 g/mol. The largest absolute Gasteiger partial charge is 0.497 e. The van der Waals surface area contributed by atoms with Crippen molar-refractivity contribution in [2.75, 3.05) is 50.1 Å². The number of carbonyl (C=O) groups is 2. The van der Waals surface area contributed by atoms with Crippen LogP contribution in [-0.2, 0) is 16.1 Å². The van der Waals surface area contributed by atoms with E-state index in [1.54, 1.807) is 24.3 Å². The number of aryl methyl sites for hydroxylation is 1. The molecule has 0 spiro atoms. The highest BCUT2D eigenvalue weighted by atomic mass is 16.5. The van der Waals surface area contributed by atoms with Gasteiger partial charge in [-0.15, -0.1) is 0 Å². The van der Waals surface area contributed by atoms with Crippen LogP contribution in [0.4, 0.5) is 17.2 Å². The molecule has 2 fully saturated rings. The summed E-state index contributed by atoms with van der Waals surface area (Å²) in [6.07, 6.45) is 8.65.